The molecular formula is C8H13Cl2NO. The molecule has 0 aliphatic heterocycles. The van der Waals surface area contributed by atoms with Gasteiger partial charge in [-0.3, -0.25) is 4.79 Å². The molecule has 4 heteroatoms. The summed E-state index contributed by atoms with van der Waals surface area (Å²) < 4.78 is 0. The minimum absolute atomic E-state index is 0.259. The lowest BCUT2D eigenvalue weighted by atomic mass is 9.95. The highest BCUT2D eigenvalue weighted by Crippen LogP contribution is 2.17. The molecule has 0 aromatic carbocycles. The first-order valence-corrected chi connectivity index (χ1v) is 5.16. The van der Waals surface area contributed by atoms with Gasteiger partial charge in [-0.15, -0.1) is 0 Å². The van der Waals surface area contributed by atoms with Crippen LogP contribution in [0.4, 0.5) is 0 Å². The quantitative estimate of drug-likeness (QED) is 0.695. The van der Waals surface area contributed by atoms with Crippen molar-refractivity contribution in [3.8, 4) is 0 Å². The topological polar surface area (TPSA) is 29.1 Å². The molecule has 0 heterocycles. The Morgan fingerprint density at radius 2 is 1.83 bits per heavy atom. The second kappa shape index (κ2) is 4.93. The molecule has 0 aromatic heterocycles. The van der Waals surface area contributed by atoms with Gasteiger partial charge < -0.3 is 5.32 Å². The second-order valence-electron chi connectivity index (χ2n) is 3.14. The molecule has 1 aliphatic rings. The lowest BCUT2D eigenvalue weighted by molar-refractivity contribution is -0.120. The van der Waals surface area contributed by atoms with E-state index >= 15 is 0 Å². The molecule has 12 heavy (non-hydrogen) atoms. The van der Waals surface area contributed by atoms with Crippen LogP contribution in [0.2, 0.25) is 0 Å². The Morgan fingerprint density at radius 1 is 1.25 bits per heavy atom. The molecule has 2 nitrogen and oxygen atoms in total. The summed E-state index contributed by atoms with van der Waals surface area (Å²) in [6.45, 7) is 0. The van der Waals surface area contributed by atoms with Gasteiger partial charge >= 0.3 is 0 Å². The lowest BCUT2D eigenvalue weighted by Crippen LogP contribution is -2.38. The van der Waals surface area contributed by atoms with E-state index in [1.807, 2.05) is 0 Å². The van der Waals surface area contributed by atoms with Crippen molar-refractivity contribution in [3.05, 3.63) is 0 Å². The molecule has 1 aliphatic carbocycles. The van der Waals surface area contributed by atoms with Crippen molar-refractivity contribution in [3.63, 3.8) is 0 Å². The van der Waals surface area contributed by atoms with Crippen LogP contribution in [0.3, 0.4) is 0 Å². The molecule has 1 fully saturated rings. The number of halogens is 2. The molecule has 0 atom stereocenters. The highest BCUT2D eigenvalue weighted by molar-refractivity contribution is 6.53. The van der Waals surface area contributed by atoms with E-state index in [0.717, 1.165) is 12.8 Å². The zero-order valence-electron chi connectivity index (χ0n) is 6.85. The van der Waals surface area contributed by atoms with Crippen LogP contribution in [0.5, 0.6) is 0 Å². The Morgan fingerprint density at radius 3 is 2.33 bits per heavy atom. The molecule has 1 amide bonds. The zero-order chi connectivity index (χ0) is 8.97. The fraction of sp³-hybridized carbons (Fsp3) is 0.875. The third kappa shape index (κ3) is 3.20. The first-order chi connectivity index (χ1) is 5.70. The molecule has 0 radical (unpaired) electrons. The average molecular weight is 210 g/mol. The van der Waals surface area contributed by atoms with Crippen molar-refractivity contribution in [2.75, 3.05) is 0 Å². The van der Waals surface area contributed by atoms with Crippen LogP contribution < -0.4 is 5.32 Å². The second-order valence-corrected chi connectivity index (χ2v) is 4.24. The van der Waals surface area contributed by atoms with Crippen molar-refractivity contribution >= 4 is 29.1 Å². The van der Waals surface area contributed by atoms with Crippen LogP contribution in [0, 0.1) is 0 Å². The molecule has 1 N–H and O–H groups in total. The minimum atomic E-state index is -0.924. The molecule has 70 valence electrons. The van der Waals surface area contributed by atoms with Crippen LogP contribution in [-0.2, 0) is 4.79 Å². The van der Waals surface area contributed by atoms with Gasteiger partial charge in [-0.2, -0.15) is 0 Å². The Balaban J connectivity index is 2.24. The third-order valence-electron chi connectivity index (χ3n) is 2.15. The predicted molar refractivity (Wildman–Crippen MR) is 50.5 cm³/mol. The molecule has 1 rings (SSSR count). The summed E-state index contributed by atoms with van der Waals surface area (Å²) in [4.78, 5) is 10.1. The van der Waals surface area contributed by atoms with Crippen molar-refractivity contribution in [1.29, 1.82) is 0 Å². The van der Waals surface area contributed by atoms with Crippen LogP contribution >= 0.6 is 23.2 Å². The van der Waals surface area contributed by atoms with E-state index in [4.69, 9.17) is 23.2 Å². The van der Waals surface area contributed by atoms with Gasteiger partial charge in [0.1, 0.15) is 0 Å². The van der Waals surface area contributed by atoms with Gasteiger partial charge in [0, 0.05) is 6.04 Å². The summed E-state index contributed by atoms with van der Waals surface area (Å²) in [6.07, 6.45) is 5.79. The number of carbonyl (C=O) groups is 1. The van der Waals surface area contributed by atoms with E-state index in [2.05, 4.69) is 5.32 Å². The van der Waals surface area contributed by atoms with Crippen molar-refractivity contribution in [1.82, 2.24) is 5.32 Å². The number of hydrogen-bond donors (Lipinski definition) is 1. The normalized spacial score (nSPS) is 19.6. The van der Waals surface area contributed by atoms with Crippen molar-refractivity contribution in [2.24, 2.45) is 0 Å². The highest BCUT2D eigenvalue weighted by atomic mass is 35.5. The van der Waals surface area contributed by atoms with Crippen LogP contribution in [0.25, 0.3) is 0 Å². The standard InChI is InChI=1S/C8H13Cl2NO/c9-7(10)8(12)11-6-4-2-1-3-5-6/h6-7H,1-5H2,(H,11,12). The Kier molecular flexibility index (Phi) is 4.16. The van der Waals surface area contributed by atoms with Crippen LogP contribution in [0.1, 0.15) is 32.1 Å². The fourth-order valence-electron chi connectivity index (χ4n) is 1.51. The Hall–Kier alpha value is 0.0500. The van der Waals surface area contributed by atoms with Gasteiger partial charge in [-0.05, 0) is 12.8 Å². The van der Waals surface area contributed by atoms with E-state index < -0.39 is 4.84 Å². The number of rotatable bonds is 2. The summed E-state index contributed by atoms with van der Waals surface area (Å²) in [7, 11) is 0. The third-order valence-corrected chi connectivity index (χ3v) is 2.55. The number of carbonyl (C=O) groups excluding carboxylic acids is 1. The zero-order valence-corrected chi connectivity index (χ0v) is 8.37. The monoisotopic (exact) mass is 209 g/mol. The number of hydrogen-bond acceptors (Lipinski definition) is 1. The molecule has 0 spiro atoms. The summed E-state index contributed by atoms with van der Waals surface area (Å²) >= 11 is 10.8. The van der Waals surface area contributed by atoms with E-state index in [9.17, 15) is 4.79 Å². The number of alkyl halides is 2. The van der Waals surface area contributed by atoms with Gasteiger partial charge in [0.05, 0.1) is 0 Å². The minimum Gasteiger partial charge on any atom is -0.351 e. The molecular weight excluding hydrogens is 197 g/mol. The average Bonchev–Trinajstić information content (AvgIpc) is 2.06. The predicted octanol–water partition coefficient (Wildman–Crippen LogP) is 2.24. The molecule has 0 bridgehead atoms. The smallest absolute Gasteiger partial charge is 0.253 e. The summed E-state index contributed by atoms with van der Waals surface area (Å²) in [6, 6.07) is 0.297. The lowest BCUT2D eigenvalue weighted by Gasteiger charge is -2.22. The van der Waals surface area contributed by atoms with Gasteiger partial charge in [-0.1, -0.05) is 42.5 Å². The van der Waals surface area contributed by atoms with E-state index in [1.165, 1.54) is 19.3 Å². The molecule has 0 unspecified atom stereocenters. The van der Waals surface area contributed by atoms with Gasteiger partial charge in [0.2, 0.25) is 0 Å². The molecule has 0 aromatic rings. The first kappa shape index (κ1) is 10.1. The van der Waals surface area contributed by atoms with Gasteiger partial charge in [-0.25, -0.2) is 0 Å². The fourth-order valence-corrected chi connectivity index (χ4v) is 1.64. The van der Waals surface area contributed by atoms with Crippen molar-refractivity contribution in [2.45, 2.75) is 43.0 Å². The molecule has 1 saturated carbocycles. The maximum Gasteiger partial charge on any atom is 0.253 e. The molecule has 0 saturated heterocycles. The highest BCUT2D eigenvalue weighted by Gasteiger charge is 2.18. The van der Waals surface area contributed by atoms with Crippen LogP contribution in [-0.4, -0.2) is 16.8 Å². The van der Waals surface area contributed by atoms with Gasteiger partial charge in [0.15, 0.2) is 4.84 Å². The van der Waals surface area contributed by atoms with Crippen molar-refractivity contribution < 1.29 is 4.79 Å². The summed E-state index contributed by atoms with van der Waals surface area (Å²) in [5, 5.41) is 2.82. The Bertz CT molecular complexity index is 155. The van der Waals surface area contributed by atoms with Gasteiger partial charge in [0.25, 0.3) is 5.91 Å². The largest absolute Gasteiger partial charge is 0.351 e. The SMILES string of the molecule is O=C(NC1CCCCC1)C(Cl)Cl. The summed E-state index contributed by atoms with van der Waals surface area (Å²) in [5.74, 6) is -0.259. The maximum atomic E-state index is 11.0. The van der Waals surface area contributed by atoms with E-state index in [1.54, 1.807) is 0 Å². The maximum absolute atomic E-state index is 11.0. The van der Waals surface area contributed by atoms with Crippen LogP contribution in [0.15, 0.2) is 0 Å². The van der Waals surface area contributed by atoms with E-state index in [-0.39, 0.29) is 5.91 Å². The number of nitrogens with one attached hydrogen (secondary N) is 1. The number of amides is 1. The van der Waals surface area contributed by atoms with E-state index in [0.29, 0.717) is 6.04 Å². The first-order valence-electron chi connectivity index (χ1n) is 4.28. The Labute approximate surface area is 82.6 Å². The summed E-state index contributed by atoms with van der Waals surface area (Å²) in [5.41, 5.74) is 0.